The first-order chi connectivity index (χ1) is 37.2. The van der Waals surface area contributed by atoms with E-state index in [1.54, 1.807) is 29.0 Å². The van der Waals surface area contributed by atoms with Gasteiger partial charge < -0.3 is 23.8 Å². The number of anilines is 4. The van der Waals surface area contributed by atoms with Crippen molar-refractivity contribution in [3.8, 4) is 62.2 Å². The van der Waals surface area contributed by atoms with Crippen LogP contribution in [0.2, 0.25) is 0 Å². The molecule has 3 aliphatic heterocycles. The molecule has 5 heterocycles. The minimum Gasteiger partial charge on any atom is -0.509 e. The molecule has 0 fully saturated rings. The fourth-order valence-corrected chi connectivity index (χ4v) is 10.0. The Morgan fingerprint density at radius 3 is 2.14 bits per heavy atom. The van der Waals surface area contributed by atoms with E-state index in [1.807, 2.05) is 62.4 Å². The van der Waals surface area contributed by atoms with Crippen molar-refractivity contribution in [3.63, 3.8) is 0 Å². The molecule has 0 saturated carbocycles. The van der Waals surface area contributed by atoms with Crippen molar-refractivity contribution in [2.45, 2.75) is 72.6 Å². The molecular formula is C66H57N4O2Pt-3. The molecule has 0 amide bonds. The first kappa shape index (κ1) is 41.1. The van der Waals surface area contributed by atoms with E-state index in [-0.39, 0.29) is 61.3 Å². The second kappa shape index (κ2) is 18.6. The Morgan fingerprint density at radius 1 is 0.658 bits per heavy atom. The van der Waals surface area contributed by atoms with Crippen LogP contribution < -0.4 is 19.3 Å². The molecule has 0 saturated heterocycles. The standard InChI is InChI=1S/C66H57N4O2.Pt/c1-42(2)33-45-35-63-67-40-55(45)52-24-13-17-28-61(52)71-48-22-18-21-44(34-48)54-37-46(65(3,4)5)36-53(43-19-10-9-11-20-43)64(54)69-41-68(58-26-15-16-27-59(58)69)47-29-32-56(66(6,7)8)62(38-47)72-49-30-31-51-50-23-12-14-25-57(50)70(63)60(51)39-49;/h9-32,34-37,40-42H,33H2,1-8H3;/q-3;/i12D,14D,23D,25D,33D2;. The zero-order valence-electron chi connectivity index (χ0n) is 48.0. The van der Waals surface area contributed by atoms with Gasteiger partial charge >= 0.3 is 0 Å². The molecule has 8 aromatic carbocycles. The van der Waals surface area contributed by atoms with Gasteiger partial charge in [0.2, 0.25) is 0 Å². The molecule has 0 radical (unpaired) electrons. The molecule has 0 N–H and O–H groups in total. The molecule has 6 nitrogen and oxygen atoms in total. The van der Waals surface area contributed by atoms with Gasteiger partial charge in [-0.2, -0.15) is 12.1 Å². The molecule has 3 aliphatic rings. The number of benzene rings is 8. The summed E-state index contributed by atoms with van der Waals surface area (Å²) in [7, 11) is 0. The molecule has 10 aromatic rings. The number of pyridine rings is 1. The number of rotatable bonds is 3. The van der Waals surface area contributed by atoms with Crippen LogP contribution in [-0.2, 0) is 38.3 Å². The van der Waals surface area contributed by atoms with Crippen LogP contribution in [0.1, 0.15) is 80.3 Å². The zero-order chi connectivity index (χ0) is 54.7. The Balaban J connectivity index is 0.00000660. The molecule has 0 spiro atoms. The van der Waals surface area contributed by atoms with Gasteiger partial charge in [-0.25, -0.2) is 4.98 Å². The van der Waals surface area contributed by atoms with Crippen LogP contribution in [0, 0.1) is 24.7 Å². The molecule has 7 heteroatoms. The quantitative estimate of drug-likeness (QED) is 0.165. The fraction of sp³-hybridized carbons (Fsp3) is 0.182. The number of aromatic nitrogens is 2. The zero-order valence-corrected chi connectivity index (χ0v) is 44.3. The second-order valence-electron chi connectivity index (χ2n) is 21.0. The average Bonchev–Trinajstić information content (AvgIpc) is 4.08. The molecule has 13 rings (SSSR count). The summed E-state index contributed by atoms with van der Waals surface area (Å²) < 4.78 is 71.4. The molecule has 366 valence electrons. The average molecular weight is 1140 g/mol. The Bertz CT molecular complexity index is 4070. The normalized spacial score (nSPS) is 14.5. The van der Waals surface area contributed by atoms with Crippen molar-refractivity contribution in [2.24, 2.45) is 5.92 Å². The van der Waals surface area contributed by atoms with Crippen LogP contribution in [0.15, 0.2) is 176 Å². The van der Waals surface area contributed by atoms with Crippen molar-refractivity contribution in [1.29, 1.82) is 0 Å². The minimum atomic E-state index is -1.93. The number of para-hydroxylation sites is 4. The van der Waals surface area contributed by atoms with Gasteiger partial charge in [0.25, 0.3) is 0 Å². The second-order valence-corrected chi connectivity index (χ2v) is 21.0. The van der Waals surface area contributed by atoms with Gasteiger partial charge in [-0.05, 0) is 99.9 Å². The summed E-state index contributed by atoms with van der Waals surface area (Å²) in [6.45, 7) is 18.9. The smallest absolute Gasteiger partial charge is 0.135 e. The SMILES string of the molecule is [2H]c1c([2H])c([2H])c2c(c1[2H])c1ccc3[c-]c1n2-c1cc(C([2H])([2H])C(C)C)c(cn1)-c1ccccc1Oc1cccc(c1)-c1cc(C(C)(C)C)cc(-c2ccccc2)c1N1[CH-]N(c2[c-]c(c(C(C)(C)C)cc2)O3)c2ccccc21.[Pt]. The van der Waals surface area contributed by atoms with Gasteiger partial charge in [0, 0.05) is 86.3 Å². The molecule has 2 aromatic heterocycles. The van der Waals surface area contributed by atoms with Crippen LogP contribution >= 0.6 is 0 Å². The molecule has 0 aliphatic carbocycles. The van der Waals surface area contributed by atoms with E-state index >= 15 is 0 Å². The van der Waals surface area contributed by atoms with Gasteiger partial charge in [0.05, 0.1) is 5.48 Å². The van der Waals surface area contributed by atoms with E-state index in [9.17, 15) is 5.48 Å². The minimum absolute atomic E-state index is 0. The first-order valence-corrected chi connectivity index (χ1v) is 24.6. The predicted octanol–water partition coefficient (Wildman–Crippen LogP) is 17.9. The van der Waals surface area contributed by atoms with E-state index in [4.69, 9.17) is 17.2 Å². The van der Waals surface area contributed by atoms with E-state index in [1.165, 1.54) is 0 Å². The van der Waals surface area contributed by atoms with Crippen molar-refractivity contribution in [3.05, 3.63) is 211 Å². The van der Waals surface area contributed by atoms with Crippen LogP contribution in [0.5, 0.6) is 23.0 Å². The summed E-state index contributed by atoms with van der Waals surface area (Å²) in [5.74, 6) is 1.57. The van der Waals surface area contributed by atoms with Gasteiger partial charge in [0.1, 0.15) is 17.3 Å². The largest absolute Gasteiger partial charge is 0.509 e. The summed E-state index contributed by atoms with van der Waals surface area (Å²) in [5.41, 5.74) is 11.0. The van der Waals surface area contributed by atoms with Crippen molar-refractivity contribution >= 4 is 44.6 Å². The maximum atomic E-state index is 9.75. The summed E-state index contributed by atoms with van der Waals surface area (Å²) in [5, 5.41) is 0.779. The van der Waals surface area contributed by atoms with E-state index in [2.05, 4.69) is 149 Å². The Labute approximate surface area is 452 Å². The Morgan fingerprint density at radius 2 is 1.37 bits per heavy atom. The van der Waals surface area contributed by atoms with E-state index < -0.39 is 23.7 Å². The Kier molecular flexibility index (Phi) is 10.5. The van der Waals surface area contributed by atoms with E-state index in [0.717, 1.165) is 56.1 Å². The third-order valence-corrected chi connectivity index (χ3v) is 13.5. The predicted molar refractivity (Wildman–Crippen MR) is 297 cm³/mol. The van der Waals surface area contributed by atoms with Crippen molar-refractivity contribution < 1.29 is 38.8 Å². The summed E-state index contributed by atoms with van der Waals surface area (Å²) in [6.07, 6.45) is -0.292. The third-order valence-electron chi connectivity index (χ3n) is 13.5. The van der Waals surface area contributed by atoms with Crippen LogP contribution in [0.3, 0.4) is 0 Å². The summed E-state index contributed by atoms with van der Waals surface area (Å²) >= 11 is 0. The number of ether oxygens (including phenoxy) is 2. The van der Waals surface area contributed by atoms with Gasteiger partial charge in [-0.1, -0.05) is 157 Å². The monoisotopic (exact) mass is 1140 g/mol. The Hall–Kier alpha value is -7.40. The van der Waals surface area contributed by atoms with Gasteiger partial charge in [0.15, 0.2) is 0 Å². The summed E-state index contributed by atoms with van der Waals surface area (Å²) in [4.78, 5) is 9.48. The van der Waals surface area contributed by atoms with Crippen LogP contribution in [-0.4, -0.2) is 9.55 Å². The molecule has 73 heavy (non-hydrogen) atoms. The van der Waals surface area contributed by atoms with Crippen molar-refractivity contribution in [2.75, 3.05) is 9.80 Å². The van der Waals surface area contributed by atoms with Gasteiger partial charge in [-0.3, -0.25) is 0 Å². The molecule has 0 unspecified atom stereocenters. The van der Waals surface area contributed by atoms with Crippen LogP contribution in [0.25, 0.3) is 61.0 Å². The summed E-state index contributed by atoms with van der Waals surface area (Å²) in [6, 6.07) is 54.6. The maximum absolute atomic E-state index is 9.75. The number of hydrogen-bond donors (Lipinski definition) is 0. The number of hydrogen-bond acceptors (Lipinski definition) is 5. The molecular weight excluding hydrogens is 1080 g/mol. The molecule has 10 bridgehead atoms. The first-order valence-electron chi connectivity index (χ1n) is 27.6. The van der Waals surface area contributed by atoms with Crippen LogP contribution in [0.4, 0.5) is 22.7 Å². The third kappa shape index (κ3) is 8.70. The van der Waals surface area contributed by atoms with Crippen molar-refractivity contribution in [1.82, 2.24) is 9.55 Å². The topological polar surface area (TPSA) is 42.8 Å². The molecule has 0 atom stereocenters. The van der Waals surface area contributed by atoms with E-state index in [0.29, 0.717) is 50.6 Å². The number of nitrogens with zero attached hydrogens (tertiary/aromatic N) is 4. The van der Waals surface area contributed by atoms with Gasteiger partial charge in [-0.15, -0.1) is 47.6 Å². The fourth-order valence-electron chi connectivity index (χ4n) is 10.0. The maximum Gasteiger partial charge on any atom is 0.135 e. The number of fused-ring (bicyclic) bond motifs is 5.